The number of hydrogen-bond acceptors (Lipinski definition) is 7. The van der Waals surface area contributed by atoms with Gasteiger partial charge in [-0.25, -0.2) is 4.79 Å². The molecule has 0 saturated heterocycles. The molecule has 2 aliphatic rings. The third kappa shape index (κ3) is 8.09. The lowest BCUT2D eigenvalue weighted by atomic mass is 9.77. The van der Waals surface area contributed by atoms with Crippen LogP contribution < -0.4 is 29.9 Å². The minimum atomic E-state index is -1.29. The molecule has 1 aliphatic heterocycles. The molecule has 1 aliphatic carbocycles. The van der Waals surface area contributed by atoms with E-state index in [2.05, 4.69) is 36.5 Å². The summed E-state index contributed by atoms with van der Waals surface area (Å²) in [6.07, 6.45) is 12.6. The zero-order valence-corrected chi connectivity index (χ0v) is 38.5. The first kappa shape index (κ1) is 43.6. The molecule has 0 radical (unpaired) electrons. The van der Waals surface area contributed by atoms with Crippen LogP contribution in [0.25, 0.3) is 49.3 Å². The Morgan fingerprint density at radius 3 is 1.96 bits per heavy atom. The minimum Gasteiger partial charge on any atom is -0.497 e. The molecular weight excluding hydrogens is 835 g/mol. The fourth-order valence-corrected chi connectivity index (χ4v) is 10.5. The van der Waals surface area contributed by atoms with E-state index in [4.69, 9.17) is 23.4 Å². The SMILES string of the molecule is CCCCCC1CCC(c2ccc(-c3ccc(C(=O)NC4=CC(c5ccccc5)(c5ccc(OC)cc5)Oc5c4c4ccccc4c4oc(=O)c6cc(OC)c(OC)cc6c54)cc3)cc2)CC1. The Balaban J connectivity index is 1.07. The summed E-state index contributed by atoms with van der Waals surface area (Å²) in [5.41, 5.74) is 5.36. The maximum Gasteiger partial charge on any atom is 0.344 e. The van der Waals surface area contributed by atoms with Crippen LogP contribution in [-0.2, 0) is 5.60 Å². The van der Waals surface area contributed by atoms with Gasteiger partial charge in [0.15, 0.2) is 22.7 Å². The van der Waals surface area contributed by atoms with Gasteiger partial charge < -0.3 is 28.7 Å². The topological polar surface area (TPSA) is 96.2 Å². The molecule has 1 saturated carbocycles. The Bertz CT molecular complexity index is 3180. The van der Waals surface area contributed by atoms with E-state index in [1.807, 2.05) is 109 Å². The van der Waals surface area contributed by atoms with Gasteiger partial charge in [-0.3, -0.25) is 4.79 Å². The van der Waals surface area contributed by atoms with Gasteiger partial charge in [-0.2, -0.15) is 0 Å². The van der Waals surface area contributed by atoms with Crippen molar-refractivity contribution in [3.8, 4) is 34.1 Å². The molecule has 8 heteroatoms. The highest BCUT2D eigenvalue weighted by Crippen LogP contribution is 2.52. The van der Waals surface area contributed by atoms with Crippen molar-refractivity contribution in [1.82, 2.24) is 5.32 Å². The highest BCUT2D eigenvalue weighted by atomic mass is 16.5. The molecule has 0 spiro atoms. The Hall–Kier alpha value is -7.32. The van der Waals surface area contributed by atoms with Crippen LogP contribution in [0.5, 0.6) is 23.0 Å². The van der Waals surface area contributed by atoms with Crippen LogP contribution in [0.15, 0.2) is 155 Å². The van der Waals surface area contributed by atoms with Gasteiger partial charge in [0.1, 0.15) is 11.5 Å². The molecule has 1 aromatic heterocycles. The first-order valence-electron chi connectivity index (χ1n) is 23.5. The van der Waals surface area contributed by atoms with E-state index in [1.165, 1.54) is 64.0 Å². The van der Waals surface area contributed by atoms with Crippen LogP contribution in [0, 0.1) is 5.92 Å². The van der Waals surface area contributed by atoms with Crippen molar-refractivity contribution in [2.75, 3.05) is 21.3 Å². The Labute approximate surface area is 391 Å². The average molecular weight is 890 g/mol. The van der Waals surface area contributed by atoms with Crippen molar-refractivity contribution in [3.63, 3.8) is 0 Å². The molecule has 1 amide bonds. The number of rotatable bonds is 13. The molecule has 1 unspecified atom stereocenters. The number of carbonyl (C=O) groups is 1. The number of fused-ring (bicyclic) bond motifs is 8. The molecule has 2 heterocycles. The summed E-state index contributed by atoms with van der Waals surface area (Å²) in [6, 6.07) is 45.6. The van der Waals surface area contributed by atoms with Crippen LogP contribution >= 0.6 is 0 Å². The van der Waals surface area contributed by atoms with Gasteiger partial charge in [0, 0.05) is 33.0 Å². The first-order chi connectivity index (χ1) is 32.8. The van der Waals surface area contributed by atoms with Crippen molar-refractivity contribution in [3.05, 3.63) is 184 Å². The Kier molecular flexibility index (Phi) is 12.0. The zero-order chi connectivity index (χ0) is 46.1. The lowest BCUT2D eigenvalue weighted by molar-refractivity contribution is 0.0971. The summed E-state index contributed by atoms with van der Waals surface area (Å²) < 4.78 is 30.8. The lowest BCUT2D eigenvalue weighted by Crippen LogP contribution is -2.38. The predicted molar refractivity (Wildman–Crippen MR) is 268 cm³/mol. The monoisotopic (exact) mass is 889 g/mol. The molecular formula is C59H55NO7. The first-order valence-corrected chi connectivity index (χ1v) is 23.5. The number of benzene rings is 7. The second-order valence-electron chi connectivity index (χ2n) is 18.0. The predicted octanol–water partition coefficient (Wildman–Crippen LogP) is 13.8. The van der Waals surface area contributed by atoms with Gasteiger partial charge in [0.25, 0.3) is 5.91 Å². The van der Waals surface area contributed by atoms with E-state index < -0.39 is 11.2 Å². The van der Waals surface area contributed by atoms with Crippen molar-refractivity contribution >= 4 is 44.1 Å². The summed E-state index contributed by atoms with van der Waals surface area (Å²) in [4.78, 5) is 28.7. The highest BCUT2D eigenvalue weighted by molar-refractivity contribution is 6.21. The number of hydrogen-bond donors (Lipinski definition) is 1. The third-order valence-electron chi connectivity index (χ3n) is 14.1. The number of unbranched alkanes of at least 4 members (excludes halogenated alkanes) is 2. The van der Waals surface area contributed by atoms with E-state index in [0.29, 0.717) is 67.5 Å². The standard InChI is InChI=1S/C59H55NO7/c1-5-6-8-13-37-18-20-38(21-19-37)39-22-24-40(25-23-39)41-26-28-42(29-27-41)57(61)60-50-36-59(43-14-9-7-10-15-43,44-30-32-45(63-2)33-31-44)67-56-53(50)46-16-11-12-17-47(46)55-54(56)48-34-51(64-3)52(65-4)35-49(48)58(62)66-55/h7,9-12,14-17,22-38H,5-6,8,13,18-21H2,1-4H3,(H,60,61). The van der Waals surface area contributed by atoms with Gasteiger partial charge in [-0.1, -0.05) is 136 Å². The van der Waals surface area contributed by atoms with E-state index in [9.17, 15) is 9.59 Å². The van der Waals surface area contributed by atoms with Crippen molar-refractivity contribution < 1.29 is 28.2 Å². The molecule has 1 N–H and O–H groups in total. The van der Waals surface area contributed by atoms with Gasteiger partial charge in [0.05, 0.1) is 37.8 Å². The largest absolute Gasteiger partial charge is 0.497 e. The summed E-state index contributed by atoms with van der Waals surface area (Å²) in [5, 5.41) is 6.15. The van der Waals surface area contributed by atoms with E-state index in [0.717, 1.165) is 33.6 Å². The summed E-state index contributed by atoms with van der Waals surface area (Å²) in [6.45, 7) is 2.28. The molecule has 338 valence electrons. The van der Waals surface area contributed by atoms with Crippen LogP contribution in [0.1, 0.15) is 96.8 Å². The maximum atomic E-state index is 14.8. The molecule has 1 atom stereocenters. The summed E-state index contributed by atoms with van der Waals surface area (Å²) in [7, 11) is 4.72. The molecule has 7 aromatic carbocycles. The molecule has 8 nitrogen and oxygen atoms in total. The summed E-state index contributed by atoms with van der Waals surface area (Å²) >= 11 is 0. The Morgan fingerprint density at radius 2 is 1.30 bits per heavy atom. The molecule has 1 fully saturated rings. The molecule has 8 aromatic rings. The van der Waals surface area contributed by atoms with Crippen molar-refractivity contribution in [2.45, 2.75) is 69.8 Å². The molecule has 0 bridgehead atoms. The van der Waals surface area contributed by atoms with Gasteiger partial charge >= 0.3 is 5.63 Å². The second-order valence-corrected chi connectivity index (χ2v) is 18.0. The van der Waals surface area contributed by atoms with Crippen LogP contribution in [0.2, 0.25) is 0 Å². The average Bonchev–Trinajstić information content (AvgIpc) is 3.38. The lowest BCUT2D eigenvalue weighted by Gasteiger charge is -2.39. The van der Waals surface area contributed by atoms with Gasteiger partial charge in [0.2, 0.25) is 0 Å². The second kappa shape index (κ2) is 18.5. The van der Waals surface area contributed by atoms with Gasteiger partial charge in [-0.05, 0) is 102 Å². The van der Waals surface area contributed by atoms with E-state index in [1.54, 1.807) is 26.4 Å². The third-order valence-corrected chi connectivity index (χ3v) is 14.1. The molecule has 10 rings (SSSR count). The Morgan fingerprint density at radius 1 is 0.672 bits per heavy atom. The van der Waals surface area contributed by atoms with Crippen LogP contribution in [0.4, 0.5) is 0 Å². The number of amides is 1. The fourth-order valence-electron chi connectivity index (χ4n) is 10.5. The van der Waals surface area contributed by atoms with Gasteiger partial charge in [-0.15, -0.1) is 0 Å². The van der Waals surface area contributed by atoms with Crippen molar-refractivity contribution in [1.29, 1.82) is 0 Å². The highest BCUT2D eigenvalue weighted by Gasteiger charge is 2.42. The maximum absolute atomic E-state index is 14.8. The quantitative estimate of drug-likeness (QED) is 0.0700. The smallest absolute Gasteiger partial charge is 0.344 e. The zero-order valence-electron chi connectivity index (χ0n) is 38.5. The summed E-state index contributed by atoms with van der Waals surface area (Å²) in [5.74, 6) is 3.14. The van der Waals surface area contributed by atoms with E-state index >= 15 is 0 Å². The van der Waals surface area contributed by atoms with Crippen LogP contribution in [0.3, 0.4) is 0 Å². The van der Waals surface area contributed by atoms with Crippen LogP contribution in [-0.4, -0.2) is 27.2 Å². The number of carbonyl (C=O) groups excluding carboxylic acids is 1. The fraction of sp³-hybridized carbons (Fsp3) is 0.254. The normalized spacial score (nSPS) is 17.9. The number of nitrogens with one attached hydrogen (secondary N) is 1. The van der Waals surface area contributed by atoms with E-state index in [-0.39, 0.29) is 11.3 Å². The molecule has 67 heavy (non-hydrogen) atoms. The van der Waals surface area contributed by atoms with Crippen molar-refractivity contribution in [2.24, 2.45) is 5.92 Å². The number of methoxy groups -OCH3 is 3. The minimum absolute atomic E-state index is 0.288. The number of ether oxygens (including phenoxy) is 4.